The number of phenols is 1. The Labute approximate surface area is 280 Å². The highest BCUT2D eigenvalue weighted by atomic mass is 16.6. The number of aliphatic hydroxyl groups excluding tert-OH is 1. The summed E-state index contributed by atoms with van der Waals surface area (Å²) >= 11 is 0. The number of rotatable bonds is 6. The number of carbonyl (C=O) groups excluding carboxylic acids is 3. The lowest BCUT2D eigenvalue weighted by molar-refractivity contribution is -0.112. The second-order valence-electron chi connectivity index (χ2n) is 11.8. The van der Waals surface area contributed by atoms with E-state index in [9.17, 15) is 24.6 Å². The topological polar surface area (TPSA) is 192 Å². The summed E-state index contributed by atoms with van der Waals surface area (Å²) in [4.78, 5) is 42.2. The average molecular weight is 667 g/mol. The van der Waals surface area contributed by atoms with Gasteiger partial charge in [0.05, 0.1) is 30.7 Å². The Morgan fingerprint density at radius 1 is 1.10 bits per heavy atom. The highest BCUT2D eigenvalue weighted by Crippen LogP contribution is 2.43. The Balaban J connectivity index is 2.16. The predicted molar refractivity (Wildman–Crippen MR) is 181 cm³/mol. The minimum Gasteiger partial charge on any atom is -0.505 e. The van der Waals surface area contributed by atoms with Crippen molar-refractivity contribution >= 4 is 29.3 Å². The van der Waals surface area contributed by atoms with Crippen LogP contribution in [0.1, 0.15) is 50.0 Å². The lowest BCUT2D eigenvalue weighted by atomic mass is 9.87. The zero-order chi connectivity index (χ0) is 35.5. The van der Waals surface area contributed by atoms with Gasteiger partial charge in [0.25, 0.3) is 11.8 Å². The van der Waals surface area contributed by atoms with Gasteiger partial charge >= 0.3 is 6.09 Å². The van der Waals surface area contributed by atoms with E-state index in [-0.39, 0.29) is 40.8 Å². The minimum atomic E-state index is -1.00. The van der Waals surface area contributed by atoms with Crippen LogP contribution in [0.2, 0.25) is 0 Å². The van der Waals surface area contributed by atoms with Crippen LogP contribution < -0.4 is 21.1 Å². The molecule has 48 heavy (non-hydrogen) atoms. The highest BCUT2D eigenvalue weighted by molar-refractivity contribution is 6.07. The Kier molecular flexibility index (Phi) is 13.7. The number of nitrogens with two attached hydrogens (primary N) is 1. The molecule has 0 spiro atoms. The first-order valence-electron chi connectivity index (χ1n) is 15.5. The van der Waals surface area contributed by atoms with Crippen molar-refractivity contribution in [1.82, 2.24) is 4.98 Å². The van der Waals surface area contributed by atoms with Crippen LogP contribution in [0.4, 0.5) is 16.2 Å². The first kappa shape index (κ1) is 37.7. The summed E-state index contributed by atoms with van der Waals surface area (Å²) in [6.45, 7) is 7.05. The number of nitrogens with one attached hydrogen (secondary N) is 2. The number of anilines is 2. The molecule has 13 nitrogen and oxygen atoms in total. The standard InChI is InChI=1S/C35H46N4O9/c1-19-15-24-30(41)25(18-26(32(24)47-7)39-34(43)23-11-13-37-14-12-23)38-33(42)20(2)9-8-10-27(45-5)31(48-35(36)44)22(4)17-21(3)29(40)28(16-19)46-6/h8-14,17-19,21,27-29,31,40-41H,15-16H2,1-7H3,(H2,36,44)(H,38,42)(H,39,43)/b10-8-,20-9+,22-17+/t19-,21+,27+,28+,29-,31+/m1/s1. The number of fused-ring (bicyclic) bond motifs is 2. The maximum atomic E-state index is 13.3. The van der Waals surface area contributed by atoms with Crippen LogP contribution in [0.25, 0.3) is 0 Å². The number of aromatic hydroxyl groups is 1. The van der Waals surface area contributed by atoms with Crippen molar-refractivity contribution in [2.75, 3.05) is 32.0 Å². The van der Waals surface area contributed by atoms with Crippen LogP contribution in [0, 0.1) is 11.8 Å². The van der Waals surface area contributed by atoms with Gasteiger partial charge in [0.15, 0.2) is 6.10 Å². The Morgan fingerprint density at radius 2 is 1.79 bits per heavy atom. The van der Waals surface area contributed by atoms with Crippen molar-refractivity contribution in [3.63, 3.8) is 0 Å². The number of benzene rings is 1. The van der Waals surface area contributed by atoms with Crippen molar-refractivity contribution in [1.29, 1.82) is 0 Å². The lowest BCUT2D eigenvalue weighted by Crippen LogP contribution is -2.37. The number of allylic oxidation sites excluding steroid dienone is 2. The maximum Gasteiger partial charge on any atom is 0.405 e. The monoisotopic (exact) mass is 666 g/mol. The van der Waals surface area contributed by atoms with Gasteiger partial charge in [-0.3, -0.25) is 14.6 Å². The smallest absolute Gasteiger partial charge is 0.405 e. The first-order chi connectivity index (χ1) is 22.8. The number of aliphatic hydroxyl groups is 1. The number of pyridine rings is 1. The van der Waals surface area contributed by atoms with E-state index in [1.165, 1.54) is 45.9 Å². The van der Waals surface area contributed by atoms with Gasteiger partial charge < -0.3 is 45.5 Å². The Bertz CT molecular complexity index is 1540. The number of hydrogen-bond donors (Lipinski definition) is 5. The van der Waals surface area contributed by atoms with E-state index in [1.807, 2.05) is 13.8 Å². The minimum absolute atomic E-state index is 0.0455. The van der Waals surface area contributed by atoms with E-state index >= 15 is 0 Å². The molecule has 6 N–H and O–H groups in total. The number of phenolic OH excluding ortho intramolecular Hbond substituents is 1. The molecule has 1 aliphatic heterocycles. The molecule has 0 unspecified atom stereocenters. The molecule has 0 fully saturated rings. The fraction of sp³-hybridized carbons (Fsp3) is 0.429. The van der Waals surface area contributed by atoms with Gasteiger partial charge in [-0.15, -0.1) is 0 Å². The summed E-state index contributed by atoms with van der Waals surface area (Å²) in [6, 6.07) is 4.53. The third-order valence-electron chi connectivity index (χ3n) is 8.19. The second kappa shape index (κ2) is 17.4. The van der Waals surface area contributed by atoms with Crippen molar-refractivity contribution in [3.8, 4) is 11.5 Å². The van der Waals surface area contributed by atoms with Gasteiger partial charge in [0.2, 0.25) is 0 Å². The summed E-state index contributed by atoms with van der Waals surface area (Å²) < 4.78 is 22.4. The van der Waals surface area contributed by atoms with Crippen LogP contribution in [0.15, 0.2) is 66.0 Å². The molecule has 2 heterocycles. The summed E-state index contributed by atoms with van der Waals surface area (Å²) in [5.74, 6) is -1.65. The maximum absolute atomic E-state index is 13.3. The number of carbonyl (C=O) groups is 3. The number of nitrogens with zero attached hydrogens (tertiary/aromatic N) is 1. The summed E-state index contributed by atoms with van der Waals surface area (Å²) in [7, 11) is 4.36. The molecule has 3 rings (SSSR count). The zero-order valence-electron chi connectivity index (χ0n) is 28.4. The van der Waals surface area contributed by atoms with Gasteiger partial charge in [-0.25, -0.2) is 4.79 Å². The SMILES string of the molecule is COc1c(NC(=O)c2ccncc2)cc2c(O)c1C[C@@H](C)C[C@H](OC)[C@H](O)[C@@H](C)/C=C(\C)[C@H](OC(N)=O)[C@@H](OC)/C=C\C=C(/C)C(=O)N2. The molecule has 1 aromatic heterocycles. The van der Waals surface area contributed by atoms with Crippen LogP contribution in [-0.4, -0.2) is 78.8 Å². The van der Waals surface area contributed by atoms with Crippen LogP contribution in [-0.2, 0) is 25.4 Å². The predicted octanol–water partition coefficient (Wildman–Crippen LogP) is 4.51. The van der Waals surface area contributed by atoms with Gasteiger partial charge in [-0.1, -0.05) is 38.2 Å². The second-order valence-corrected chi connectivity index (χ2v) is 11.8. The summed E-state index contributed by atoms with van der Waals surface area (Å²) in [5.41, 5.74) is 7.19. The molecule has 0 aliphatic carbocycles. The molecule has 3 amide bonds. The van der Waals surface area contributed by atoms with E-state index in [1.54, 1.807) is 44.2 Å². The van der Waals surface area contributed by atoms with E-state index in [0.717, 1.165) is 0 Å². The van der Waals surface area contributed by atoms with E-state index < -0.39 is 48.2 Å². The van der Waals surface area contributed by atoms with Crippen LogP contribution >= 0.6 is 0 Å². The molecule has 260 valence electrons. The zero-order valence-corrected chi connectivity index (χ0v) is 28.4. The molecule has 6 atom stereocenters. The molecule has 0 saturated heterocycles. The Hall–Kier alpha value is -4.72. The van der Waals surface area contributed by atoms with Gasteiger partial charge in [-0.05, 0) is 56.4 Å². The number of amides is 3. The van der Waals surface area contributed by atoms with Crippen LogP contribution in [0.5, 0.6) is 11.5 Å². The van der Waals surface area contributed by atoms with Gasteiger partial charge in [0, 0.05) is 49.2 Å². The van der Waals surface area contributed by atoms with Gasteiger partial charge in [-0.2, -0.15) is 0 Å². The van der Waals surface area contributed by atoms with Crippen molar-refractivity contribution < 1.29 is 43.5 Å². The van der Waals surface area contributed by atoms with E-state index in [4.69, 9.17) is 24.7 Å². The van der Waals surface area contributed by atoms with Crippen molar-refractivity contribution in [3.05, 3.63) is 77.2 Å². The largest absolute Gasteiger partial charge is 0.505 e. The van der Waals surface area contributed by atoms with Crippen molar-refractivity contribution in [2.45, 2.75) is 65.0 Å². The number of aromatic nitrogens is 1. The fourth-order valence-electron chi connectivity index (χ4n) is 5.62. The molecule has 0 saturated carbocycles. The number of ether oxygens (including phenoxy) is 4. The van der Waals surface area contributed by atoms with Gasteiger partial charge in [0.1, 0.15) is 17.6 Å². The molecular weight excluding hydrogens is 620 g/mol. The molecule has 2 bridgehead atoms. The third kappa shape index (κ3) is 9.66. The highest BCUT2D eigenvalue weighted by Gasteiger charge is 2.30. The van der Waals surface area contributed by atoms with Crippen LogP contribution in [0.3, 0.4) is 0 Å². The quantitative estimate of drug-likeness (QED) is 0.167. The molecule has 13 heteroatoms. The molecule has 2 aromatic rings. The number of hydrogen-bond acceptors (Lipinski definition) is 10. The molecular formula is C35H46N4O9. The van der Waals surface area contributed by atoms with Crippen molar-refractivity contribution in [2.24, 2.45) is 17.6 Å². The third-order valence-corrected chi connectivity index (χ3v) is 8.19. The molecule has 1 aromatic carbocycles. The summed E-state index contributed by atoms with van der Waals surface area (Å²) in [5, 5.41) is 28.4. The summed E-state index contributed by atoms with van der Waals surface area (Å²) in [6.07, 6.45) is 5.73. The fourth-order valence-corrected chi connectivity index (χ4v) is 5.62. The molecule has 1 aliphatic rings. The average Bonchev–Trinajstić information content (AvgIpc) is 3.06. The molecule has 0 radical (unpaired) electrons. The Morgan fingerprint density at radius 3 is 2.40 bits per heavy atom. The first-order valence-corrected chi connectivity index (χ1v) is 15.5. The van der Waals surface area contributed by atoms with E-state index in [2.05, 4.69) is 15.6 Å². The lowest BCUT2D eigenvalue weighted by Gasteiger charge is -2.29. The number of methoxy groups -OCH3 is 3. The number of primary amides is 1. The normalized spacial score (nSPS) is 27.0. The van der Waals surface area contributed by atoms with E-state index in [0.29, 0.717) is 23.1 Å².